The molecule has 1 atom stereocenters. The molecule has 0 fully saturated rings. The molecule has 27 heavy (non-hydrogen) atoms. The molecule has 3 N–H and O–H groups in total. The zero-order valence-electron chi connectivity index (χ0n) is 14.0. The van der Waals surface area contributed by atoms with Gasteiger partial charge in [-0.15, -0.1) is 10.2 Å². The number of benzene rings is 2. The number of carbonyl (C=O) groups excluding carboxylic acids is 1. The van der Waals surface area contributed by atoms with Gasteiger partial charge in [-0.2, -0.15) is 0 Å². The third kappa shape index (κ3) is 4.37. The van der Waals surface area contributed by atoms with Gasteiger partial charge in [-0.1, -0.05) is 23.4 Å². The predicted molar refractivity (Wildman–Crippen MR) is 101 cm³/mol. The van der Waals surface area contributed by atoms with Crippen LogP contribution in [0.4, 0.5) is 14.5 Å². The molecule has 0 spiro atoms. The Morgan fingerprint density at radius 1 is 1.22 bits per heavy atom. The Labute approximate surface area is 162 Å². The molecule has 3 aromatic rings. The van der Waals surface area contributed by atoms with Crippen molar-refractivity contribution in [2.45, 2.75) is 17.3 Å². The first kappa shape index (κ1) is 19.1. The van der Waals surface area contributed by atoms with Gasteiger partial charge in [-0.25, -0.2) is 13.5 Å². The van der Waals surface area contributed by atoms with E-state index in [1.165, 1.54) is 47.1 Å². The normalized spacial score (nSPS) is 12.0. The average Bonchev–Trinajstić information content (AvgIpc) is 2.99. The molecule has 0 aliphatic heterocycles. The van der Waals surface area contributed by atoms with Crippen molar-refractivity contribution in [2.24, 2.45) is 0 Å². The highest BCUT2D eigenvalue weighted by Crippen LogP contribution is 2.26. The number of nitrogen functional groups attached to an aromatic ring is 1. The second-order valence-corrected chi connectivity index (χ2v) is 7.28. The Balaban J connectivity index is 1.70. The van der Waals surface area contributed by atoms with E-state index in [-0.39, 0.29) is 16.7 Å². The lowest BCUT2D eigenvalue weighted by molar-refractivity contribution is -0.115. The molecule has 2 aromatic carbocycles. The van der Waals surface area contributed by atoms with E-state index in [2.05, 4.69) is 15.5 Å². The number of rotatable bonds is 5. The van der Waals surface area contributed by atoms with E-state index in [1.54, 1.807) is 6.92 Å². The summed E-state index contributed by atoms with van der Waals surface area (Å²) in [5.74, 6) is 5.06. The van der Waals surface area contributed by atoms with Crippen LogP contribution in [0.25, 0.3) is 11.4 Å². The van der Waals surface area contributed by atoms with E-state index in [1.807, 2.05) is 0 Å². The Morgan fingerprint density at radius 3 is 2.59 bits per heavy atom. The fraction of sp³-hybridized carbons (Fsp3) is 0.118. The minimum Gasteiger partial charge on any atom is -0.335 e. The highest BCUT2D eigenvalue weighted by molar-refractivity contribution is 8.00. The second kappa shape index (κ2) is 7.93. The fourth-order valence-corrected chi connectivity index (χ4v) is 3.13. The van der Waals surface area contributed by atoms with Crippen LogP contribution in [0.1, 0.15) is 6.92 Å². The summed E-state index contributed by atoms with van der Waals surface area (Å²) in [5.41, 5.74) is 0.969. The first-order valence-corrected chi connectivity index (χ1v) is 9.00. The summed E-state index contributed by atoms with van der Waals surface area (Å²) in [6.07, 6.45) is 0. The summed E-state index contributed by atoms with van der Waals surface area (Å²) in [6.45, 7) is 1.66. The molecule has 10 heteroatoms. The van der Waals surface area contributed by atoms with Crippen LogP contribution >= 0.6 is 23.4 Å². The van der Waals surface area contributed by atoms with Crippen LogP contribution < -0.4 is 11.2 Å². The van der Waals surface area contributed by atoms with E-state index in [0.717, 1.165) is 11.8 Å². The van der Waals surface area contributed by atoms with Crippen LogP contribution in [0.5, 0.6) is 0 Å². The van der Waals surface area contributed by atoms with E-state index in [9.17, 15) is 13.6 Å². The molecule has 1 heterocycles. The number of amides is 1. The van der Waals surface area contributed by atoms with Gasteiger partial charge < -0.3 is 11.2 Å². The predicted octanol–water partition coefficient (Wildman–Crippen LogP) is 3.71. The van der Waals surface area contributed by atoms with Gasteiger partial charge in [-0.3, -0.25) is 4.79 Å². The standard InChI is InChI=1S/C17H14ClF2N5OS/c1-9(16(26)22-12-6-7-14(20)13(18)8-12)27-17-24-23-15(25(17)21)10-2-4-11(19)5-3-10/h2-9H,21H2,1H3,(H,22,26)/t9-/m1/s1. The SMILES string of the molecule is C[C@@H](Sc1nnc(-c2ccc(F)cc2)n1N)C(=O)Nc1ccc(F)c(Cl)c1. The van der Waals surface area contributed by atoms with Crippen molar-refractivity contribution in [2.75, 3.05) is 11.2 Å². The topological polar surface area (TPSA) is 85.8 Å². The van der Waals surface area contributed by atoms with Gasteiger partial charge >= 0.3 is 0 Å². The minimum absolute atomic E-state index is 0.0845. The van der Waals surface area contributed by atoms with Gasteiger partial charge in [0.2, 0.25) is 11.1 Å². The van der Waals surface area contributed by atoms with E-state index < -0.39 is 11.1 Å². The summed E-state index contributed by atoms with van der Waals surface area (Å²) in [4.78, 5) is 12.3. The minimum atomic E-state index is -0.568. The number of thioether (sulfide) groups is 1. The molecule has 0 unspecified atom stereocenters. The Morgan fingerprint density at radius 2 is 1.93 bits per heavy atom. The number of halogens is 3. The van der Waals surface area contributed by atoms with Gasteiger partial charge in [0.05, 0.1) is 10.3 Å². The fourth-order valence-electron chi connectivity index (χ4n) is 2.18. The maximum absolute atomic E-state index is 13.2. The Bertz CT molecular complexity index is 980. The molecule has 1 amide bonds. The second-order valence-electron chi connectivity index (χ2n) is 5.56. The number of hydrogen-bond donors (Lipinski definition) is 2. The summed E-state index contributed by atoms with van der Waals surface area (Å²) in [6, 6.07) is 9.55. The third-order valence-corrected chi connectivity index (χ3v) is 4.95. The molecule has 0 aliphatic rings. The number of carbonyl (C=O) groups is 1. The molecule has 1 aromatic heterocycles. The highest BCUT2D eigenvalue weighted by Gasteiger charge is 2.20. The smallest absolute Gasteiger partial charge is 0.237 e. The number of aromatic nitrogens is 3. The number of anilines is 1. The molecule has 140 valence electrons. The van der Waals surface area contributed by atoms with Gasteiger partial charge in [0, 0.05) is 11.3 Å². The lowest BCUT2D eigenvalue weighted by Crippen LogP contribution is -2.23. The van der Waals surface area contributed by atoms with Crippen molar-refractivity contribution in [3.8, 4) is 11.4 Å². The van der Waals surface area contributed by atoms with Crippen LogP contribution in [0.2, 0.25) is 5.02 Å². The van der Waals surface area contributed by atoms with Crippen molar-refractivity contribution in [3.05, 3.63) is 59.1 Å². The van der Waals surface area contributed by atoms with Crippen molar-refractivity contribution < 1.29 is 13.6 Å². The van der Waals surface area contributed by atoms with Crippen molar-refractivity contribution in [3.63, 3.8) is 0 Å². The summed E-state index contributed by atoms with van der Waals surface area (Å²) >= 11 is 6.80. The molecule has 0 bridgehead atoms. The van der Waals surface area contributed by atoms with Crippen LogP contribution in [-0.4, -0.2) is 26.0 Å². The van der Waals surface area contributed by atoms with Crippen LogP contribution in [0.3, 0.4) is 0 Å². The maximum atomic E-state index is 13.2. The van der Waals surface area contributed by atoms with Gasteiger partial charge in [0.15, 0.2) is 5.82 Å². The molecular weight excluding hydrogens is 396 g/mol. The summed E-state index contributed by atoms with van der Waals surface area (Å²) in [7, 11) is 0. The lowest BCUT2D eigenvalue weighted by Gasteiger charge is -2.12. The van der Waals surface area contributed by atoms with Gasteiger partial charge in [0.25, 0.3) is 0 Å². The Kier molecular flexibility index (Phi) is 5.62. The molecule has 0 radical (unpaired) electrons. The molecule has 6 nitrogen and oxygen atoms in total. The van der Waals surface area contributed by atoms with Crippen LogP contribution in [-0.2, 0) is 4.79 Å². The summed E-state index contributed by atoms with van der Waals surface area (Å²) in [5, 5.41) is 10.3. The van der Waals surface area contributed by atoms with Gasteiger partial charge in [-0.05, 0) is 49.4 Å². The number of nitrogens with zero attached hydrogens (tertiary/aromatic N) is 3. The van der Waals surface area contributed by atoms with Crippen molar-refractivity contribution in [1.29, 1.82) is 0 Å². The monoisotopic (exact) mass is 409 g/mol. The Hall–Kier alpha value is -2.65. The molecule has 3 rings (SSSR count). The number of hydrogen-bond acceptors (Lipinski definition) is 5. The molecule has 0 aliphatic carbocycles. The third-order valence-electron chi connectivity index (χ3n) is 3.61. The van der Waals surface area contributed by atoms with Crippen molar-refractivity contribution >= 4 is 35.0 Å². The average molecular weight is 410 g/mol. The lowest BCUT2D eigenvalue weighted by atomic mass is 10.2. The first-order valence-electron chi connectivity index (χ1n) is 7.74. The van der Waals surface area contributed by atoms with E-state index in [4.69, 9.17) is 17.4 Å². The van der Waals surface area contributed by atoms with Crippen LogP contribution in [0, 0.1) is 11.6 Å². The van der Waals surface area contributed by atoms with E-state index in [0.29, 0.717) is 22.2 Å². The number of nitrogens with one attached hydrogen (secondary N) is 1. The number of nitrogens with two attached hydrogens (primary N) is 1. The largest absolute Gasteiger partial charge is 0.335 e. The van der Waals surface area contributed by atoms with Gasteiger partial charge in [0.1, 0.15) is 11.6 Å². The summed E-state index contributed by atoms with van der Waals surface area (Å²) < 4.78 is 27.5. The van der Waals surface area contributed by atoms with E-state index >= 15 is 0 Å². The quantitative estimate of drug-likeness (QED) is 0.495. The van der Waals surface area contributed by atoms with Crippen molar-refractivity contribution in [1.82, 2.24) is 14.9 Å². The van der Waals surface area contributed by atoms with Crippen LogP contribution in [0.15, 0.2) is 47.6 Å². The zero-order valence-corrected chi connectivity index (χ0v) is 15.6. The maximum Gasteiger partial charge on any atom is 0.237 e. The highest BCUT2D eigenvalue weighted by atomic mass is 35.5. The molecule has 0 saturated carbocycles. The molecular formula is C17H14ClF2N5OS. The molecule has 0 saturated heterocycles. The first-order chi connectivity index (χ1) is 12.8. The zero-order chi connectivity index (χ0) is 19.6.